The van der Waals surface area contributed by atoms with Crippen molar-refractivity contribution < 1.29 is 4.39 Å². The van der Waals surface area contributed by atoms with Crippen LogP contribution in [0.4, 0.5) is 4.39 Å². The van der Waals surface area contributed by atoms with E-state index in [0.29, 0.717) is 6.42 Å². The Kier molecular flexibility index (Phi) is 4.85. The van der Waals surface area contributed by atoms with Crippen LogP contribution in [0.25, 0.3) is 0 Å². The van der Waals surface area contributed by atoms with Crippen molar-refractivity contribution >= 4 is 11.6 Å². The zero-order valence-electron chi connectivity index (χ0n) is 10.3. The number of benzene rings is 1. The Morgan fingerprint density at radius 2 is 1.84 bits per heavy atom. The SMILES string of the molecule is NNC(Cc1ccncc1)Cc1ccc(Cl)c(F)c1. The molecule has 1 aromatic carbocycles. The molecule has 0 aliphatic carbocycles. The van der Waals surface area contributed by atoms with Crippen molar-refractivity contribution in [1.29, 1.82) is 0 Å². The molecule has 0 radical (unpaired) electrons. The van der Waals surface area contributed by atoms with Gasteiger partial charge in [-0.25, -0.2) is 4.39 Å². The van der Waals surface area contributed by atoms with E-state index in [4.69, 9.17) is 17.4 Å². The van der Waals surface area contributed by atoms with Crippen molar-refractivity contribution in [1.82, 2.24) is 10.4 Å². The Bertz CT molecular complexity index is 533. The second-order valence-electron chi connectivity index (χ2n) is 4.38. The first-order valence-electron chi connectivity index (χ1n) is 5.98. The summed E-state index contributed by atoms with van der Waals surface area (Å²) in [5, 5.41) is 0.134. The molecule has 3 nitrogen and oxygen atoms in total. The van der Waals surface area contributed by atoms with Crippen molar-refractivity contribution in [3.8, 4) is 0 Å². The molecule has 1 unspecified atom stereocenters. The number of hydrogen-bond acceptors (Lipinski definition) is 3. The van der Waals surface area contributed by atoms with Crippen molar-refractivity contribution in [3.63, 3.8) is 0 Å². The van der Waals surface area contributed by atoms with Crippen LogP contribution in [0.2, 0.25) is 5.02 Å². The van der Waals surface area contributed by atoms with E-state index in [1.165, 1.54) is 6.07 Å². The normalized spacial score (nSPS) is 12.4. The Hall–Kier alpha value is -1.49. The monoisotopic (exact) mass is 279 g/mol. The minimum atomic E-state index is -0.404. The van der Waals surface area contributed by atoms with Crippen LogP contribution < -0.4 is 11.3 Å². The molecule has 0 fully saturated rings. The molecule has 0 amide bonds. The maximum Gasteiger partial charge on any atom is 0.142 e. The first-order valence-corrected chi connectivity index (χ1v) is 6.36. The lowest BCUT2D eigenvalue weighted by atomic mass is 10.00. The van der Waals surface area contributed by atoms with Gasteiger partial charge in [-0.3, -0.25) is 16.3 Å². The Labute approximate surface area is 116 Å². The predicted octanol–water partition coefficient (Wildman–Crippen LogP) is 2.49. The van der Waals surface area contributed by atoms with E-state index in [1.54, 1.807) is 18.5 Å². The van der Waals surface area contributed by atoms with Gasteiger partial charge in [0.2, 0.25) is 0 Å². The van der Waals surface area contributed by atoms with Crippen LogP contribution >= 0.6 is 11.6 Å². The third-order valence-corrected chi connectivity index (χ3v) is 3.24. The molecule has 1 heterocycles. The van der Waals surface area contributed by atoms with Crippen LogP contribution in [-0.2, 0) is 12.8 Å². The lowest BCUT2D eigenvalue weighted by Gasteiger charge is -2.16. The van der Waals surface area contributed by atoms with Crippen LogP contribution in [0.5, 0.6) is 0 Å². The number of hydrazine groups is 1. The standard InChI is InChI=1S/C14H15ClFN3/c15-13-2-1-11(9-14(13)16)8-12(19-17)7-10-3-5-18-6-4-10/h1-6,9,12,19H,7-8,17H2. The summed E-state index contributed by atoms with van der Waals surface area (Å²) in [7, 11) is 0. The lowest BCUT2D eigenvalue weighted by molar-refractivity contribution is 0.520. The molecule has 19 heavy (non-hydrogen) atoms. The molecule has 2 aromatic rings. The fourth-order valence-electron chi connectivity index (χ4n) is 1.94. The number of pyridine rings is 1. The van der Waals surface area contributed by atoms with Gasteiger partial charge in [0.1, 0.15) is 5.82 Å². The van der Waals surface area contributed by atoms with Gasteiger partial charge in [-0.2, -0.15) is 0 Å². The van der Waals surface area contributed by atoms with Gasteiger partial charge in [-0.15, -0.1) is 0 Å². The second-order valence-corrected chi connectivity index (χ2v) is 4.78. The Balaban J connectivity index is 2.04. The summed E-state index contributed by atoms with van der Waals surface area (Å²) in [6, 6.07) is 8.72. The molecular formula is C14H15ClFN3. The lowest BCUT2D eigenvalue weighted by Crippen LogP contribution is -2.38. The summed E-state index contributed by atoms with van der Waals surface area (Å²) in [6.45, 7) is 0. The number of hydrogen-bond donors (Lipinski definition) is 2. The minimum absolute atomic E-state index is 0.0305. The zero-order chi connectivity index (χ0) is 13.7. The highest BCUT2D eigenvalue weighted by molar-refractivity contribution is 6.30. The van der Waals surface area contributed by atoms with Crippen LogP contribution in [0.15, 0.2) is 42.7 Å². The van der Waals surface area contributed by atoms with E-state index in [1.807, 2.05) is 18.2 Å². The highest BCUT2D eigenvalue weighted by Crippen LogP contribution is 2.17. The fraction of sp³-hybridized carbons (Fsp3) is 0.214. The number of nitrogens with zero attached hydrogens (tertiary/aromatic N) is 1. The molecule has 0 aliphatic heterocycles. The first-order chi connectivity index (χ1) is 9.19. The fourth-order valence-corrected chi connectivity index (χ4v) is 2.06. The second kappa shape index (κ2) is 6.61. The molecule has 3 N–H and O–H groups in total. The molecule has 0 bridgehead atoms. The van der Waals surface area contributed by atoms with Crippen LogP contribution in [-0.4, -0.2) is 11.0 Å². The van der Waals surface area contributed by atoms with Gasteiger partial charge in [-0.1, -0.05) is 17.7 Å². The molecule has 2 rings (SSSR count). The molecule has 0 saturated carbocycles. The highest BCUT2D eigenvalue weighted by Gasteiger charge is 2.10. The first kappa shape index (κ1) is 13.9. The molecule has 100 valence electrons. The van der Waals surface area contributed by atoms with E-state index in [0.717, 1.165) is 17.5 Å². The third kappa shape index (κ3) is 3.99. The van der Waals surface area contributed by atoms with Crippen molar-refractivity contribution in [2.45, 2.75) is 18.9 Å². The van der Waals surface area contributed by atoms with Gasteiger partial charge in [-0.05, 0) is 48.2 Å². The Morgan fingerprint density at radius 3 is 2.47 bits per heavy atom. The van der Waals surface area contributed by atoms with Gasteiger partial charge >= 0.3 is 0 Å². The summed E-state index contributed by atoms with van der Waals surface area (Å²) < 4.78 is 13.4. The average Bonchev–Trinajstić information content (AvgIpc) is 2.43. The van der Waals surface area contributed by atoms with Crippen LogP contribution in [0.1, 0.15) is 11.1 Å². The van der Waals surface area contributed by atoms with Crippen molar-refractivity contribution in [2.24, 2.45) is 5.84 Å². The zero-order valence-corrected chi connectivity index (χ0v) is 11.1. The van der Waals surface area contributed by atoms with E-state index in [2.05, 4.69) is 10.4 Å². The average molecular weight is 280 g/mol. The van der Waals surface area contributed by atoms with E-state index < -0.39 is 5.82 Å². The molecule has 5 heteroatoms. The van der Waals surface area contributed by atoms with E-state index >= 15 is 0 Å². The molecule has 0 spiro atoms. The van der Waals surface area contributed by atoms with Crippen LogP contribution in [0.3, 0.4) is 0 Å². The van der Waals surface area contributed by atoms with Crippen molar-refractivity contribution in [2.75, 3.05) is 0 Å². The predicted molar refractivity (Wildman–Crippen MR) is 74.2 cm³/mol. The summed E-state index contributed by atoms with van der Waals surface area (Å²) >= 11 is 5.66. The molecular weight excluding hydrogens is 265 g/mol. The van der Waals surface area contributed by atoms with Gasteiger partial charge in [0.15, 0.2) is 0 Å². The van der Waals surface area contributed by atoms with Gasteiger partial charge < -0.3 is 0 Å². The summed E-state index contributed by atoms with van der Waals surface area (Å²) in [5.74, 6) is 5.15. The molecule has 1 aromatic heterocycles. The van der Waals surface area contributed by atoms with Gasteiger partial charge in [0, 0.05) is 18.4 Å². The summed E-state index contributed by atoms with van der Waals surface area (Å²) in [5.41, 5.74) is 4.75. The molecule has 1 atom stereocenters. The highest BCUT2D eigenvalue weighted by atomic mass is 35.5. The Morgan fingerprint density at radius 1 is 1.16 bits per heavy atom. The third-order valence-electron chi connectivity index (χ3n) is 2.93. The van der Waals surface area contributed by atoms with Crippen LogP contribution in [0, 0.1) is 5.82 Å². The number of rotatable bonds is 5. The quantitative estimate of drug-likeness (QED) is 0.653. The van der Waals surface area contributed by atoms with E-state index in [-0.39, 0.29) is 11.1 Å². The number of halogens is 2. The summed E-state index contributed by atoms with van der Waals surface area (Å²) in [6.07, 6.45) is 4.87. The van der Waals surface area contributed by atoms with E-state index in [9.17, 15) is 4.39 Å². The van der Waals surface area contributed by atoms with Gasteiger partial charge in [0.25, 0.3) is 0 Å². The number of nitrogens with one attached hydrogen (secondary N) is 1. The van der Waals surface area contributed by atoms with Crippen molar-refractivity contribution in [3.05, 3.63) is 64.7 Å². The smallest absolute Gasteiger partial charge is 0.142 e. The topological polar surface area (TPSA) is 50.9 Å². The number of nitrogens with two attached hydrogens (primary N) is 1. The maximum atomic E-state index is 13.4. The molecule has 0 saturated heterocycles. The number of aromatic nitrogens is 1. The largest absolute Gasteiger partial charge is 0.271 e. The maximum absolute atomic E-state index is 13.4. The minimum Gasteiger partial charge on any atom is -0.271 e. The molecule has 0 aliphatic rings. The summed E-state index contributed by atoms with van der Waals surface area (Å²) in [4.78, 5) is 3.97. The van der Waals surface area contributed by atoms with Gasteiger partial charge in [0.05, 0.1) is 5.02 Å².